The van der Waals surface area contributed by atoms with Crippen LogP contribution in [0.25, 0.3) is 0 Å². The van der Waals surface area contributed by atoms with Crippen LogP contribution in [0.1, 0.15) is 38.7 Å². The topological polar surface area (TPSA) is 106 Å². The van der Waals surface area contributed by atoms with Crippen LogP contribution in [0.3, 0.4) is 0 Å². The number of hydrogen-bond acceptors (Lipinski definition) is 4. The Kier molecular flexibility index (Phi) is 7.13. The molecule has 23 heavy (non-hydrogen) atoms. The lowest BCUT2D eigenvalue weighted by molar-refractivity contribution is 0.128. The predicted molar refractivity (Wildman–Crippen MR) is 90.1 cm³/mol. The van der Waals surface area contributed by atoms with E-state index < -0.39 is 33.1 Å². The number of hydrogen-bond donors (Lipinski definition) is 3. The van der Waals surface area contributed by atoms with E-state index in [1.54, 1.807) is 0 Å². The Labute approximate surface area is 137 Å². The van der Waals surface area contributed by atoms with Gasteiger partial charge in [0, 0.05) is 6.04 Å². The second-order valence-electron chi connectivity index (χ2n) is 6.63. The van der Waals surface area contributed by atoms with Gasteiger partial charge in [0.1, 0.15) is 5.67 Å². The molecule has 0 radical (unpaired) electrons. The average Bonchev–Trinajstić information content (AvgIpc) is 2.41. The number of benzene rings is 1. The smallest absolute Gasteiger partial charge is 0.212 e. The fraction of sp³-hybridized carbons (Fsp3) is 0.625. The maximum absolute atomic E-state index is 13.6. The number of alkyl halides is 1. The van der Waals surface area contributed by atoms with Gasteiger partial charge in [-0.15, -0.1) is 0 Å². The van der Waals surface area contributed by atoms with Crippen LogP contribution in [-0.2, 0) is 16.4 Å². The van der Waals surface area contributed by atoms with Crippen molar-refractivity contribution in [2.45, 2.75) is 62.6 Å². The van der Waals surface area contributed by atoms with Crippen molar-refractivity contribution in [3.63, 3.8) is 0 Å². The highest BCUT2D eigenvalue weighted by Gasteiger charge is 2.29. The van der Waals surface area contributed by atoms with Gasteiger partial charge in [-0.25, -0.2) is 17.9 Å². The summed E-state index contributed by atoms with van der Waals surface area (Å²) in [5.74, 6) is 0. The van der Waals surface area contributed by atoms with Crippen molar-refractivity contribution in [3.05, 3.63) is 35.9 Å². The Bertz CT molecular complexity index is 573. The fourth-order valence-corrected chi connectivity index (χ4v) is 3.30. The standard InChI is InChI=1S/C16H27FN2O3S/c1-16(2,17)9-8-13(23(19,21)22)11-15(20)14(18)10-12-6-4-3-5-7-12/h3-7,13-15,20H,8-11,18H2,1-2H3,(H2,19,21,22)/t13-,14+,15+/m1/s1. The summed E-state index contributed by atoms with van der Waals surface area (Å²) in [6, 6.07) is 8.77. The molecule has 0 unspecified atom stereocenters. The number of sulfonamides is 1. The van der Waals surface area contributed by atoms with E-state index in [1.807, 2.05) is 30.3 Å². The molecule has 0 fully saturated rings. The van der Waals surface area contributed by atoms with Crippen molar-refractivity contribution in [2.24, 2.45) is 10.9 Å². The zero-order chi connectivity index (χ0) is 17.7. The van der Waals surface area contributed by atoms with E-state index >= 15 is 0 Å². The Morgan fingerprint density at radius 3 is 2.30 bits per heavy atom. The molecule has 0 bridgehead atoms. The van der Waals surface area contributed by atoms with Gasteiger partial charge >= 0.3 is 0 Å². The minimum atomic E-state index is -3.87. The molecule has 0 heterocycles. The molecule has 0 spiro atoms. The summed E-state index contributed by atoms with van der Waals surface area (Å²) in [5.41, 5.74) is 5.43. The second kappa shape index (κ2) is 8.19. The van der Waals surface area contributed by atoms with Crippen LogP contribution in [0.5, 0.6) is 0 Å². The lowest BCUT2D eigenvalue weighted by atomic mass is 9.96. The van der Waals surface area contributed by atoms with Crippen molar-refractivity contribution in [2.75, 3.05) is 0 Å². The Hall–Kier alpha value is -1.02. The molecule has 1 aromatic carbocycles. The number of aliphatic hydroxyl groups is 1. The first-order chi connectivity index (χ1) is 10.5. The quantitative estimate of drug-likeness (QED) is 0.630. The first kappa shape index (κ1) is 20.0. The normalized spacial score (nSPS) is 16.8. The van der Waals surface area contributed by atoms with Gasteiger partial charge in [-0.1, -0.05) is 30.3 Å². The molecule has 0 aliphatic heterocycles. The van der Waals surface area contributed by atoms with Gasteiger partial charge < -0.3 is 10.8 Å². The predicted octanol–water partition coefficient (Wildman–Crippen LogP) is 1.49. The molecule has 1 rings (SSSR count). The van der Waals surface area contributed by atoms with Gasteiger partial charge in [-0.2, -0.15) is 0 Å². The summed E-state index contributed by atoms with van der Waals surface area (Å²) in [6.07, 6.45) is -0.593. The third-order valence-electron chi connectivity index (χ3n) is 3.84. The molecule has 5 nitrogen and oxygen atoms in total. The third-order valence-corrected chi connectivity index (χ3v) is 5.20. The van der Waals surface area contributed by atoms with E-state index in [2.05, 4.69) is 0 Å². The van der Waals surface area contributed by atoms with Gasteiger partial charge in [-0.05, 0) is 45.1 Å². The molecule has 5 N–H and O–H groups in total. The lowest BCUT2D eigenvalue weighted by Crippen LogP contribution is -2.42. The van der Waals surface area contributed by atoms with Crippen LogP contribution in [-0.4, -0.2) is 36.6 Å². The van der Waals surface area contributed by atoms with Gasteiger partial charge in [-0.3, -0.25) is 0 Å². The van der Waals surface area contributed by atoms with Gasteiger partial charge in [0.05, 0.1) is 11.4 Å². The maximum atomic E-state index is 13.6. The summed E-state index contributed by atoms with van der Waals surface area (Å²) >= 11 is 0. The van der Waals surface area contributed by atoms with Crippen molar-refractivity contribution >= 4 is 10.0 Å². The fourth-order valence-electron chi connectivity index (χ4n) is 2.39. The summed E-state index contributed by atoms with van der Waals surface area (Å²) in [7, 11) is -3.87. The van der Waals surface area contributed by atoms with Crippen LogP contribution < -0.4 is 10.9 Å². The first-order valence-electron chi connectivity index (χ1n) is 7.67. The van der Waals surface area contributed by atoms with E-state index in [0.717, 1.165) is 5.56 Å². The zero-order valence-corrected chi connectivity index (χ0v) is 14.5. The van der Waals surface area contributed by atoms with Crippen molar-refractivity contribution in [1.29, 1.82) is 0 Å². The second-order valence-corrected chi connectivity index (χ2v) is 8.47. The molecule has 0 aliphatic carbocycles. The molecular weight excluding hydrogens is 319 g/mol. The molecule has 1 aromatic rings. The first-order valence-corrected chi connectivity index (χ1v) is 9.28. The minimum Gasteiger partial charge on any atom is -0.391 e. The van der Waals surface area contributed by atoms with E-state index in [9.17, 15) is 17.9 Å². The van der Waals surface area contributed by atoms with Crippen molar-refractivity contribution in [1.82, 2.24) is 0 Å². The average molecular weight is 346 g/mol. The molecule has 0 saturated carbocycles. The van der Waals surface area contributed by atoms with Crippen molar-refractivity contribution < 1.29 is 17.9 Å². The van der Waals surface area contributed by atoms with Gasteiger partial charge in [0.15, 0.2) is 0 Å². The Balaban J connectivity index is 2.67. The van der Waals surface area contributed by atoms with Crippen LogP contribution in [0.15, 0.2) is 30.3 Å². The molecule has 7 heteroatoms. The summed E-state index contributed by atoms with van der Waals surface area (Å²) in [4.78, 5) is 0. The summed E-state index contributed by atoms with van der Waals surface area (Å²) in [5, 5.41) is 14.4. The monoisotopic (exact) mass is 346 g/mol. The lowest BCUT2D eigenvalue weighted by Gasteiger charge is -2.24. The molecule has 0 saturated heterocycles. The Morgan fingerprint density at radius 2 is 1.83 bits per heavy atom. The van der Waals surface area contributed by atoms with Crippen LogP contribution in [0.4, 0.5) is 4.39 Å². The summed E-state index contributed by atoms with van der Waals surface area (Å²) < 4.78 is 36.9. The molecule has 3 atom stereocenters. The van der Waals surface area contributed by atoms with Crippen molar-refractivity contribution in [3.8, 4) is 0 Å². The minimum absolute atomic E-state index is 0.0503. The summed E-state index contributed by atoms with van der Waals surface area (Å²) in [6.45, 7) is 2.76. The van der Waals surface area contributed by atoms with Gasteiger partial charge in [0.25, 0.3) is 0 Å². The number of aliphatic hydroxyl groups excluding tert-OH is 1. The van der Waals surface area contributed by atoms with E-state index in [0.29, 0.717) is 6.42 Å². The van der Waals surface area contributed by atoms with Crippen LogP contribution in [0, 0.1) is 0 Å². The zero-order valence-electron chi connectivity index (χ0n) is 13.7. The number of primary sulfonamides is 1. The largest absolute Gasteiger partial charge is 0.391 e. The maximum Gasteiger partial charge on any atom is 0.212 e. The molecule has 0 aliphatic rings. The molecule has 0 amide bonds. The highest BCUT2D eigenvalue weighted by Crippen LogP contribution is 2.22. The SMILES string of the molecule is CC(C)(F)CC[C@H](C[C@H](O)[C@@H](N)Cc1ccccc1)S(N)(=O)=O. The van der Waals surface area contributed by atoms with E-state index in [1.165, 1.54) is 13.8 Å². The Morgan fingerprint density at radius 1 is 1.26 bits per heavy atom. The molecule has 132 valence electrons. The third kappa shape index (κ3) is 7.87. The van der Waals surface area contributed by atoms with Crippen LogP contribution >= 0.6 is 0 Å². The van der Waals surface area contributed by atoms with Gasteiger partial charge in [0.2, 0.25) is 10.0 Å². The molecule has 0 aromatic heterocycles. The molecular formula is C16H27FN2O3S. The highest BCUT2D eigenvalue weighted by atomic mass is 32.2. The van der Waals surface area contributed by atoms with E-state index in [-0.39, 0.29) is 19.3 Å². The number of halogens is 1. The van der Waals surface area contributed by atoms with E-state index in [4.69, 9.17) is 10.9 Å². The van der Waals surface area contributed by atoms with Crippen LogP contribution in [0.2, 0.25) is 0 Å². The highest BCUT2D eigenvalue weighted by molar-refractivity contribution is 7.89. The number of rotatable bonds is 9. The number of nitrogens with two attached hydrogens (primary N) is 2.